The Balaban J connectivity index is 2.01. The summed E-state index contributed by atoms with van der Waals surface area (Å²) in [4.78, 5) is 17.4. The first-order valence-electron chi connectivity index (χ1n) is 12.2. The number of halogens is 2. The van der Waals surface area contributed by atoms with Gasteiger partial charge >= 0.3 is 0 Å². The van der Waals surface area contributed by atoms with Crippen LogP contribution in [0.4, 0.5) is 26.0 Å². The Labute approximate surface area is 222 Å². The van der Waals surface area contributed by atoms with Gasteiger partial charge in [-0.25, -0.2) is 18.8 Å². The van der Waals surface area contributed by atoms with E-state index in [1.807, 2.05) is 39.9 Å². The Hall–Kier alpha value is -3.99. The van der Waals surface area contributed by atoms with Gasteiger partial charge in [-0.1, -0.05) is 6.08 Å². The number of fused-ring (bicyclic) bond motifs is 1. The van der Waals surface area contributed by atoms with Crippen LogP contribution in [0.15, 0.2) is 40.5 Å². The number of likely N-dealkylation sites (N-methyl/N-ethyl adjacent to an activating group) is 2. The molecule has 0 atom stereocenters. The first-order valence-corrected chi connectivity index (χ1v) is 12.2. The van der Waals surface area contributed by atoms with Crippen molar-refractivity contribution in [2.75, 3.05) is 50.2 Å². The summed E-state index contributed by atoms with van der Waals surface area (Å²) in [5.74, 6) is -0.762. The SMILES string of the molecule is C=N/C(=N\C(=C/C)c1cn(C)c2cc(F)c(F)cc12)Nc1cc(N)c(N(C)CCN(C)C)nc1OC(C)C. The average molecular weight is 527 g/mol. The summed E-state index contributed by atoms with van der Waals surface area (Å²) in [6, 6.07) is 4.05. The van der Waals surface area contributed by atoms with Crippen molar-refractivity contribution in [3.63, 3.8) is 0 Å². The highest BCUT2D eigenvalue weighted by atomic mass is 19.2. The largest absolute Gasteiger partial charge is 0.473 e. The van der Waals surface area contributed by atoms with Gasteiger partial charge in [-0.3, -0.25) is 0 Å². The topological polar surface area (TPSA) is 96.3 Å². The number of benzene rings is 1. The van der Waals surface area contributed by atoms with Gasteiger partial charge in [-0.15, -0.1) is 0 Å². The molecule has 1 aromatic carbocycles. The number of guanidine groups is 1. The maximum Gasteiger partial charge on any atom is 0.240 e. The molecule has 0 saturated heterocycles. The Morgan fingerprint density at radius 3 is 2.50 bits per heavy atom. The number of rotatable bonds is 9. The van der Waals surface area contributed by atoms with Crippen molar-refractivity contribution < 1.29 is 13.5 Å². The number of nitrogen functional groups attached to an aromatic ring is 1. The van der Waals surface area contributed by atoms with Gasteiger partial charge < -0.3 is 30.2 Å². The molecule has 0 aliphatic heterocycles. The smallest absolute Gasteiger partial charge is 0.240 e. The molecular formula is C27H36F2N8O. The third kappa shape index (κ3) is 6.46. The van der Waals surface area contributed by atoms with Gasteiger partial charge in [-0.2, -0.15) is 4.98 Å². The van der Waals surface area contributed by atoms with Gasteiger partial charge in [0.2, 0.25) is 11.8 Å². The lowest BCUT2D eigenvalue weighted by atomic mass is 10.1. The van der Waals surface area contributed by atoms with Gasteiger partial charge in [0, 0.05) is 50.4 Å². The fraction of sp³-hybridized carbons (Fsp3) is 0.370. The number of hydrogen-bond donors (Lipinski definition) is 2. The number of aliphatic imine (C=N–C) groups is 2. The molecule has 0 aliphatic rings. The maximum absolute atomic E-state index is 14.1. The summed E-state index contributed by atoms with van der Waals surface area (Å²) in [7, 11) is 7.68. The van der Waals surface area contributed by atoms with Crippen LogP contribution < -0.4 is 20.7 Å². The van der Waals surface area contributed by atoms with E-state index in [1.54, 1.807) is 36.9 Å². The van der Waals surface area contributed by atoms with Crippen LogP contribution >= 0.6 is 0 Å². The number of pyridine rings is 1. The molecule has 0 bridgehead atoms. The number of aromatic nitrogens is 2. The molecule has 0 radical (unpaired) electrons. The molecule has 11 heteroatoms. The van der Waals surface area contributed by atoms with Crippen LogP contribution in [0, 0.1) is 11.6 Å². The molecule has 2 heterocycles. The minimum Gasteiger partial charge on any atom is -0.473 e. The Morgan fingerprint density at radius 2 is 1.89 bits per heavy atom. The molecular weight excluding hydrogens is 490 g/mol. The summed E-state index contributed by atoms with van der Waals surface area (Å²) in [6.45, 7) is 10.8. The van der Waals surface area contributed by atoms with Gasteiger partial charge in [0.15, 0.2) is 17.5 Å². The lowest BCUT2D eigenvalue weighted by Crippen LogP contribution is -2.30. The average Bonchev–Trinajstić information content (AvgIpc) is 3.16. The Morgan fingerprint density at radius 1 is 1.21 bits per heavy atom. The van der Waals surface area contributed by atoms with E-state index in [9.17, 15) is 8.78 Å². The third-order valence-electron chi connectivity index (χ3n) is 5.79. The highest BCUT2D eigenvalue weighted by Crippen LogP contribution is 2.33. The summed E-state index contributed by atoms with van der Waals surface area (Å²) in [6.07, 6.45) is 3.36. The second kappa shape index (κ2) is 12.0. The number of nitrogens with one attached hydrogen (secondary N) is 1. The predicted molar refractivity (Wildman–Crippen MR) is 153 cm³/mol. The summed E-state index contributed by atoms with van der Waals surface area (Å²) >= 11 is 0. The van der Waals surface area contributed by atoms with Crippen molar-refractivity contribution in [2.45, 2.75) is 26.9 Å². The molecule has 204 valence electrons. The molecule has 0 aliphatic carbocycles. The molecule has 0 saturated carbocycles. The van der Waals surface area contributed by atoms with Crippen LogP contribution in [-0.4, -0.2) is 67.5 Å². The maximum atomic E-state index is 14.1. The molecule has 0 amide bonds. The van der Waals surface area contributed by atoms with Gasteiger partial charge in [0.05, 0.1) is 23.0 Å². The van der Waals surface area contributed by atoms with Crippen molar-refractivity contribution in [2.24, 2.45) is 17.0 Å². The highest BCUT2D eigenvalue weighted by molar-refractivity contribution is 6.03. The van der Waals surface area contributed by atoms with E-state index in [-0.39, 0.29) is 12.1 Å². The lowest BCUT2D eigenvalue weighted by molar-refractivity contribution is 0.234. The normalized spacial score (nSPS) is 12.5. The van der Waals surface area contributed by atoms with E-state index >= 15 is 0 Å². The Kier molecular flexibility index (Phi) is 9.05. The van der Waals surface area contributed by atoms with E-state index in [1.165, 1.54) is 0 Å². The molecule has 0 unspecified atom stereocenters. The number of anilines is 3. The second-order valence-electron chi connectivity index (χ2n) is 9.47. The summed E-state index contributed by atoms with van der Waals surface area (Å²) < 4.78 is 35.6. The molecule has 3 N–H and O–H groups in total. The Bertz CT molecular complexity index is 1380. The van der Waals surface area contributed by atoms with Gasteiger partial charge in [-0.05, 0) is 53.7 Å². The van der Waals surface area contributed by atoms with Crippen LogP contribution in [0.1, 0.15) is 26.3 Å². The van der Waals surface area contributed by atoms with Crippen LogP contribution in [0.25, 0.3) is 16.6 Å². The molecule has 2 aromatic heterocycles. The van der Waals surface area contributed by atoms with Crippen LogP contribution in [0.3, 0.4) is 0 Å². The van der Waals surface area contributed by atoms with Crippen molar-refractivity contribution in [1.29, 1.82) is 0 Å². The third-order valence-corrected chi connectivity index (χ3v) is 5.79. The second-order valence-corrected chi connectivity index (χ2v) is 9.47. The van der Waals surface area contributed by atoms with E-state index in [4.69, 9.17) is 10.5 Å². The van der Waals surface area contributed by atoms with Crippen molar-refractivity contribution >= 4 is 46.5 Å². The number of ether oxygens (including phenoxy) is 1. The number of aryl methyl sites for hydroxylation is 1. The standard InChI is InChI=1S/C27H36F2N8O/c1-9-22(18-15-37(8)24-13-20(29)19(28)12-17(18)24)32-27(31-4)33-23-14-21(30)25(34-26(23)38-16(2)3)36(7)11-10-35(5)6/h9,12-16H,4,10-11,30H2,1-3,5-8H3,(H,32,33)/b22-9-. The van der Waals surface area contributed by atoms with E-state index < -0.39 is 11.6 Å². The lowest BCUT2D eigenvalue weighted by Gasteiger charge is -2.24. The predicted octanol–water partition coefficient (Wildman–Crippen LogP) is 4.75. The zero-order valence-electron chi connectivity index (χ0n) is 23.0. The van der Waals surface area contributed by atoms with Crippen LogP contribution in [-0.2, 0) is 7.05 Å². The zero-order valence-corrected chi connectivity index (χ0v) is 23.0. The van der Waals surface area contributed by atoms with Crippen LogP contribution in [0.2, 0.25) is 0 Å². The molecule has 3 rings (SSSR count). The van der Waals surface area contributed by atoms with E-state index in [0.29, 0.717) is 45.2 Å². The minimum absolute atomic E-state index is 0.152. The van der Waals surface area contributed by atoms with Crippen molar-refractivity contribution in [1.82, 2.24) is 14.5 Å². The first-order chi connectivity index (χ1) is 17.9. The first kappa shape index (κ1) is 28.6. The fourth-order valence-electron chi connectivity index (χ4n) is 3.87. The van der Waals surface area contributed by atoms with Gasteiger partial charge in [0.25, 0.3) is 0 Å². The number of nitrogens with two attached hydrogens (primary N) is 1. The summed E-state index contributed by atoms with van der Waals surface area (Å²) in [5.41, 5.74) is 8.93. The number of hydrogen-bond acceptors (Lipinski definition) is 6. The van der Waals surface area contributed by atoms with Gasteiger partial charge in [0.1, 0.15) is 5.69 Å². The summed E-state index contributed by atoms with van der Waals surface area (Å²) in [5, 5.41) is 3.63. The molecule has 0 fully saturated rings. The number of allylic oxidation sites excluding steroid dienone is 1. The highest BCUT2D eigenvalue weighted by Gasteiger charge is 2.18. The monoisotopic (exact) mass is 526 g/mol. The quantitative estimate of drug-likeness (QED) is 0.309. The van der Waals surface area contributed by atoms with Crippen molar-refractivity contribution in [3.05, 3.63) is 47.7 Å². The number of nitrogens with zero attached hydrogens (tertiary/aromatic N) is 6. The zero-order chi connectivity index (χ0) is 28.1. The van der Waals surface area contributed by atoms with E-state index in [2.05, 4.69) is 31.9 Å². The van der Waals surface area contributed by atoms with Crippen molar-refractivity contribution in [3.8, 4) is 5.88 Å². The van der Waals surface area contributed by atoms with E-state index in [0.717, 1.165) is 25.2 Å². The molecule has 38 heavy (non-hydrogen) atoms. The van der Waals surface area contributed by atoms with Crippen LogP contribution in [0.5, 0.6) is 5.88 Å². The minimum atomic E-state index is -0.933. The molecule has 9 nitrogen and oxygen atoms in total. The fourth-order valence-corrected chi connectivity index (χ4v) is 3.87. The molecule has 0 spiro atoms. The molecule has 3 aromatic rings.